The first-order chi connectivity index (χ1) is 22.2. The first-order valence-corrected chi connectivity index (χ1v) is 15.6. The molecule has 6 unspecified atom stereocenters. The van der Waals surface area contributed by atoms with Crippen LogP contribution in [0.15, 0.2) is 46.5 Å². The van der Waals surface area contributed by atoms with E-state index in [1.807, 2.05) is 6.92 Å². The number of methoxy groups -OCH3 is 2. The van der Waals surface area contributed by atoms with Gasteiger partial charge in [-0.3, -0.25) is 14.6 Å². The van der Waals surface area contributed by atoms with Crippen LogP contribution < -0.4 is 11.1 Å². The quantitative estimate of drug-likeness (QED) is 0.0694. The monoisotopic (exact) mass is 659 g/mol. The Hall–Kier alpha value is -4.20. The molecular formula is C34H49N3O10. The summed E-state index contributed by atoms with van der Waals surface area (Å²) < 4.78 is 16.6. The van der Waals surface area contributed by atoms with Crippen molar-refractivity contribution in [3.05, 3.63) is 47.1 Å². The van der Waals surface area contributed by atoms with E-state index in [-0.39, 0.29) is 52.8 Å². The zero-order chi connectivity index (χ0) is 35.3. The molecule has 2 amide bonds. The van der Waals surface area contributed by atoms with Crippen LogP contribution in [0.2, 0.25) is 0 Å². The third-order valence-corrected chi connectivity index (χ3v) is 8.00. The number of benzene rings is 1. The molecule has 1 heterocycles. The van der Waals surface area contributed by atoms with Gasteiger partial charge in [0.15, 0.2) is 6.10 Å². The number of carboxylic acids is 1. The molecule has 6 atom stereocenters. The number of anilines is 1. The molecule has 1 aromatic rings. The largest absolute Gasteiger partial charge is 0.506 e. The van der Waals surface area contributed by atoms with Crippen LogP contribution in [0.25, 0.3) is 0 Å². The summed E-state index contributed by atoms with van der Waals surface area (Å²) in [7, 11) is 2.91. The molecule has 0 saturated carbocycles. The van der Waals surface area contributed by atoms with E-state index in [0.29, 0.717) is 31.3 Å². The molecule has 0 spiro atoms. The average molecular weight is 660 g/mol. The lowest BCUT2D eigenvalue weighted by molar-refractivity contribution is -0.137. The number of aliphatic carboxylic acids is 1. The van der Waals surface area contributed by atoms with Crippen molar-refractivity contribution in [2.75, 3.05) is 19.5 Å². The number of aliphatic hydroxyl groups is 1. The number of phenols is 2. The van der Waals surface area contributed by atoms with E-state index in [0.717, 1.165) is 0 Å². The molecule has 0 fully saturated rings. The molecular weight excluding hydrogens is 610 g/mol. The molecule has 7 N–H and O–H groups in total. The van der Waals surface area contributed by atoms with E-state index in [4.69, 9.17) is 25.1 Å². The van der Waals surface area contributed by atoms with Crippen molar-refractivity contribution >= 4 is 35.6 Å². The fourth-order valence-electron chi connectivity index (χ4n) is 5.41. The second-order valence-corrected chi connectivity index (χ2v) is 11.9. The molecule has 1 aliphatic heterocycles. The molecule has 2 bridgehead atoms. The number of hydrogen-bond acceptors (Lipinski definition) is 10. The molecule has 0 saturated heterocycles. The second-order valence-electron chi connectivity index (χ2n) is 11.9. The Morgan fingerprint density at radius 3 is 2.47 bits per heavy atom. The van der Waals surface area contributed by atoms with Gasteiger partial charge in [0.1, 0.15) is 23.3 Å². The van der Waals surface area contributed by atoms with Crippen LogP contribution in [0.4, 0.5) is 16.2 Å². The number of carbonyl (C=O) groups is 3. The first kappa shape index (κ1) is 39.0. The Morgan fingerprint density at radius 2 is 1.85 bits per heavy atom. The third-order valence-electron chi connectivity index (χ3n) is 8.00. The summed E-state index contributed by atoms with van der Waals surface area (Å²) in [5.74, 6) is -2.65. The summed E-state index contributed by atoms with van der Waals surface area (Å²) in [6.07, 6.45) is 5.70. The van der Waals surface area contributed by atoms with Crippen molar-refractivity contribution in [3.8, 4) is 11.5 Å². The molecule has 0 aromatic heterocycles. The van der Waals surface area contributed by atoms with Crippen molar-refractivity contribution in [2.45, 2.75) is 90.6 Å². The van der Waals surface area contributed by atoms with Gasteiger partial charge in [0, 0.05) is 50.0 Å². The summed E-state index contributed by atoms with van der Waals surface area (Å²) in [6.45, 7) is 6.98. The Bertz CT molecular complexity index is 1370. The third kappa shape index (κ3) is 11.8. The second kappa shape index (κ2) is 18.8. The highest BCUT2D eigenvalue weighted by Gasteiger charge is 2.30. The predicted molar refractivity (Wildman–Crippen MR) is 178 cm³/mol. The molecule has 1 aromatic carbocycles. The van der Waals surface area contributed by atoms with Gasteiger partial charge in [-0.1, -0.05) is 38.2 Å². The van der Waals surface area contributed by atoms with Crippen molar-refractivity contribution in [1.29, 1.82) is 0 Å². The number of rotatable bonds is 9. The van der Waals surface area contributed by atoms with Crippen LogP contribution in [-0.2, 0) is 30.2 Å². The van der Waals surface area contributed by atoms with Gasteiger partial charge in [-0.05, 0) is 57.4 Å². The first-order valence-electron chi connectivity index (χ1n) is 15.6. The van der Waals surface area contributed by atoms with Crippen LogP contribution >= 0.6 is 0 Å². The Kier molecular flexibility index (Phi) is 15.6. The highest BCUT2D eigenvalue weighted by atomic mass is 16.6. The Balaban J connectivity index is 2.61. The van der Waals surface area contributed by atoms with Crippen molar-refractivity contribution in [1.82, 2.24) is 0 Å². The Morgan fingerprint density at radius 1 is 1.15 bits per heavy atom. The number of carboxylic acid groups (broad SMARTS) is 1. The fourth-order valence-corrected chi connectivity index (χ4v) is 5.41. The fraction of sp³-hybridized carbons (Fsp3) is 0.529. The lowest BCUT2D eigenvalue weighted by Gasteiger charge is -2.29. The normalized spacial score (nSPS) is 25.5. The van der Waals surface area contributed by atoms with E-state index < -0.39 is 48.3 Å². The van der Waals surface area contributed by atoms with Crippen LogP contribution in [0.3, 0.4) is 0 Å². The number of phenolic OH excluding ortho intramolecular Hbond substituents is 2. The molecule has 13 nitrogen and oxygen atoms in total. The minimum Gasteiger partial charge on any atom is -0.506 e. The number of primary amides is 1. The van der Waals surface area contributed by atoms with Gasteiger partial charge in [-0.2, -0.15) is 0 Å². The number of amides is 2. The number of nitrogens with two attached hydrogens (primary N) is 1. The SMILES string of the molecule is COC1/C=C/C=C(C)C(=O)Nc2cc(O)c(N=CCCCCC(=O)O)c(c2O)CC(C)CC(OC)C(O)C(C)C=C(C)C1OC(N)=O. The molecule has 260 valence electrons. The van der Waals surface area contributed by atoms with Crippen LogP contribution in [-0.4, -0.2) is 83.2 Å². The van der Waals surface area contributed by atoms with E-state index in [2.05, 4.69) is 10.3 Å². The predicted octanol–water partition coefficient (Wildman–Crippen LogP) is 4.91. The average Bonchev–Trinajstić information content (AvgIpc) is 3.00. The lowest BCUT2D eigenvalue weighted by atomic mass is 9.87. The number of aliphatic hydroxyl groups excluding tert-OH is 1. The summed E-state index contributed by atoms with van der Waals surface area (Å²) in [6, 6.07) is 1.22. The minimum absolute atomic E-state index is 0.0220. The molecule has 13 heteroatoms. The molecule has 0 radical (unpaired) electrons. The van der Waals surface area contributed by atoms with Crippen LogP contribution in [0, 0.1) is 11.8 Å². The zero-order valence-corrected chi connectivity index (χ0v) is 27.9. The highest BCUT2D eigenvalue weighted by Crippen LogP contribution is 2.44. The summed E-state index contributed by atoms with van der Waals surface area (Å²) in [5, 5.41) is 45.2. The molecule has 0 aliphatic carbocycles. The van der Waals surface area contributed by atoms with Gasteiger partial charge < -0.3 is 45.7 Å². The van der Waals surface area contributed by atoms with Crippen molar-refractivity contribution in [3.63, 3.8) is 0 Å². The van der Waals surface area contributed by atoms with E-state index in [9.17, 15) is 29.7 Å². The Labute approximate surface area is 275 Å². The molecule has 47 heavy (non-hydrogen) atoms. The number of ether oxygens (including phenoxy) is 3. The standard InChI is InChI=1S/C34H49N3O10/c1-19-15-23-29(36-14-9-7-8-13-28(39)40)25(38)18-24(31(23)42)37-33(43)20(2)11-10-12-26(45-5)32(47-34(35)44)22(4)17-21(3)30(41)27(16-19)46-6/h10-12,14,17-19,21,26-27,30,32,38,41-42H,7-9,13,15-16H2,1-6H3,(H2,35,44)(H,37,43)(H,39,40)/b12-10+,20-11?,22-17?,36-14?. The maximum Gasteiger partial charge on any atom is 0.405 e. The van der Waals surface area contributed by atoms with Crippen LogP contribution in [0.1, 0.15) is 65.4 Å². The number of nitrogens with zero attached hydrogens (tertiary/aromatic N) is 1. The number of nitrogens with one attached hydrogen (secondary N) is 1. The van der Waals surface area contributed by atoms with E-state index >= 15 is 0 Å². The lowest BCUT2D eigenvalue weighted by Crippen LogP contribution is -2.37. The number of carbonyl (C=O) groups excluding carboxylic acids is 2. The van der Waals surface area contributed by atoms with Gasteiger partial charge in [0.05, 0.1) is 17.9 Å². The highest BCUT2D eigenvalue weighted by molar-refractivity contribution is 6.04. The van der Waals surface area contributed by atoms with Crippen molar-refractivity contribution in [2.24, 2.45) is 22.6 Å². The minimum atomic E-state index is -1.01. The van der Waals surface area contributed by atoms with Crippen molar-refractivity contribution < 1.29 is 49.0 Å². The number of aliphatic imine (C=N–C) groups is 1. The topological polar surface area (TPSA) is 210 Å². The van der Waals surface area contributed by atoms with Crippen LogP contribution in [0.5, 0.6) is 11.5 Å². The van der Waals surface area contributed by atoms with Gasteiger partial charge >= 0.3 is 12.1 Å². The van der Waals surface area contributed by atoms with Gasteiger partial charge in [-0.15, -0.1) is 0 Å². The van der Waals surface area contributed by atoms with Gasteiger partial charge in [0.2, 0.25) is 0 Å². The summed E-state index contributed by atoms with van der Waals surface area (Å²) in [5.41, 5.74) is 6.58. The van der Waals surface area contributed by atoms with Gasteiger partial charge in [-0.25, -0.2) is 4.79 Å². The van der Waals surface area contributed by atoms with Gasteiger partial charge in [0.25, 0.3) is 5.91 Å². The van der Waals surface area contributed by atoms with E-state index in [1.165, 1.54) is 26.4 Å². The molecule has 2 rings (SSSR count). The van der Waals surface area contributed by atoms with E-state index in [1.54, 1.807) is 45.2 Å². The number of fused-ring (bicyclic) bond motifs is 2. The number of hydrogen-bond donors (Lipinski definition) is 6. The number of aromatic hydroxyl groups is 2. The zero-order valence-electron chi connectivity index (χ0n) is 27.9. The number of allylic oxidation sites excluding steroid dienone is 2. The smallest absolute Gasteiger partial charge is 0.405 e. The summed E-state index contributed by atoms with van der Waals surface area (Å²) in [4.78, 5) is 40.1. The maximum absolute atomic E-state index is 13.1. The molecule has 1 aliphatic rings. The number of unbranched alkanes of at least 4 members (excludes halogenated alkanes) is 2. The summed E-state index contributed by atoms with van der Waals surface area (Å²) >= 11 is 0. The maximum atomic E-state index is 13.1.